The molecule has 0 aromatic heterocycles. The second kappa shape index (κ2) is 69.5. The summed E-state index contributed by atoms with van der Waals surface area (Å²) in [5.74, 6) is -0.942. The fraction of sp³-hybridized carbons (Fsp3) is 0.623. The van der Waals surface area contributed by atoms with Crippen LogP contribution in [0.15, 0.2) is 158 Å². The molecule has 1 unspecified atom stereocenters. The molecule has 0 bridgehead atoms. The minimum Gasteiger partial charge on any atom is -0.462 e. The molecule has 6 nitrogen and oxygen atoms in total. The van der Waals surface area contributed by atoms with Crippen molar-refractivity contribution in [2.75, 3.05) is 13.2 Å². The first-order valence-corrected chi connectivity index (χ1v) is 34.0. The summed E-state index contributed by atoms with van der Waals surface area (Å²) in [5.41, 5.74) is 0. The predicted octanol–water partition coefficient (Wildman–Crippen LogP) is 23.7. The van der Waals surface area contributed by atoms with Gasteiger partial charge < -0.3 is 14.2 Å². The third kappa shape index (κ3) is 67.7. The van der Waals surface area contributed by atoms with Gasteiger partial charge in [0.15, 0.2) is 6.10 Å². The van der Waals surface area contributed by atoms with Crippen LogP contribution in [0.2, 0.25) is 0 Å². The van der Waals surface area contributed by atoms with E-state index >= 15 is 0 Å². The highest BCUT2D eigenvalue weighted by molar-refractivity contribution is 5.71. The zero-order valence-corrected chi connectivity index (χ0v) is 53.7. The number of unbranched alkanes of at least 4 members (excludes halogenated alkanes) is 23. The van der Waals surface area contributed by atoms with E-state index < -0.39 is 6.10 Å². The van der Waals surface area contributed by atoms with Gasteiger partial charge in [0.05, 0.1) is 0 Å². The van der Waals surface area contributed by atoms with Crippen LogP contribution in [-0.4, -0.2) is 37.2 Å². The lowest BCUT2D eigenvalue weighted by atomic mass is 10.0. The average Bonchev–Trinajstić information content (AvgIpc) is 3.49. The zero-order valence-electron chi connectivity index (χ0n) is 53.7. The van der Waals surface area contributed by atoms with Crippen molar-refractivity contribution in [2.24, 2.45) is 0 Å². The van der Waals surface area contributed by atoms with E-state index in [1.54, 1.807) is 0 Å². The molecule has 0 rings (SSSR count). The molecule has 0 aliphatic rings. The highest BCUT2D eigenvalue weighted by Crippen LogP contribution is 2.16. The number of allylic oxidation sites excluding steroid dienone is 26. The maximum absolute atomic E-state index is 12.9. The number of esters is 3. The van der Waals surface area contributed by atoms with Crippen LogP contribution < -0.4 is 0 Å². The van der Waals surface area contributed by atoms with Crippen LogP contribution in [0.3, 0.4) is 0 Å². The van der Waals surface area contributed by atoms with Gasteiger partial charge in [-0.1, -0.05) is 288 Å². The lowest BCUT2D eigenvalue weighted by Gasteiger charge is -2.18. The lowest BCUT2D eigenvalue weighted by molar-refractivity contribution is -0.167. The number of ether oxygens (including phenoxy) is 3. The summed E-state index contributed by atoms with van der Waals surface area (Å²) in [4.78, 5) is 38.4. The van der Waals surface area contributed by atoms with Gasteiger partial charge in [-0.3, -0.25) is 14.4 Å². The molecule has 0 aliphatic carbocycles. The molecule has 0 radical (unpaired) electrons. The molecule has 83 heavy (non-hydrogen) atoms. The molecule has 6 heteroatoms. The summed E-state index contributed by atoms with van der Waals surface area (Å²) in [5, 5.41) is 0. The van der Waals surface area contributed by atoms with Gasteiger partial charge in [0.2, 0.25) is 0 Å². The van der Waals surface area contributed by atoms with Crippen molar-refractivity contribution >= 4 is 17.9 Å². The highest BCUT2D eigenvalue weighted by atomic mass is 16.6. The van der Waals surface area contributed by atoms with Crippen molar-refractivity contribution in [1.82, 2.24) is 0 Å². The molecule has 0 aliphatic heterocycles. The molecule has 468 valence electrons. The lowest BCUT2D eigenvalue weighted by Crippen LogP contribution is -2.30. The Balaban J connectivity index is 4.39. The Morgan fingerprint density at radius 3 is 0.687 bits per heavy atom. The van der Waals surface area contributed by atoms with Crippen LogP contribution in [0.4, 0.5) is 0 Å². The Bertz CT molecular complexity index is 1840. The minimum atomic E-state index is -0.809. The molecule has 0 N–H and O–H groups in total. The van der Waals surface area contributed by atoms with E-state index in [4.69, 9.17) is 14.2 Å². The Morgan fingerprint density at radius 2 is 0.434 bits per heavy atom. The van der Waals surface area contributed by atoms with Gasteiger partial charge in [0.25, 0.3) is 0 Å². The molecular formula is C77H124O6. The van der Waals surface area contributed by atoms with Crippen molar-refractivity contribution in [2.45, 2.75) is 297 Å². The molecule has 0 fully saturated rings. The summed E-state index contributed by atoms with van der Waals surface area (Å²) in [7, 11) is 0. The van der Waals surface area contributed by atoms with Gasteiger partial charge >= 0.3 is 17.9 Å². The van der Waals surface area contributed by atoms with Crippen LogP contribution in [0.1, 0.15) is 290 Å². The van der Waals surface area contributed by atoms with Crippen LogP contribution in [0.5, 0.6) is 0 Å². The second-order valence-corrected chi connectivity index (χ2v) is 21.9. The summed E-state index contributed by atoms with van der Waals surface area (Å²) in [6, 6.07) is 0. The van der Waals surface area contributed by atoms with E-state index in [-0.39, 0.29) is 37.5 Å². The first-order chi connectivity index (χ1) is 41.0. The van der Waals surface area contributed by atoms with E-state index in [1.807, 2.05) is 0 Å². The summed E-state index contributed by atoms with van der Waals surface area (Å²) in [6.45, 7) is 6.28. The Kier molecular flexibility index (Phi) is 65.4. The Labute approximate surface area is 511 Å². The monoisotopic (exact) mass is 1140 g/mol. The molecule has 0 saturated heterocycles. The van der Waals surface area contributed by atoms with E-state index in [9.17, 15) is 14.4 Å². The predicted molar refractivity (Wildman–Crippen MR) is 362 cm³/mol. The first kappa shape index (κ1) is 78.0. The fourth-order valence-electron chi connectivity index (χ4n) is 9.04. The Morgan fingerprint density at radius 1 is 0.241 bits per heavy atom. The molecule has 1 atom stereocenters. The minimum absolute atomic E-state index is 0.100. The largest absolute Gasteiger partial charge is 0.462 e. The van der Waals surface area contributed by atoms with Crippen molar-refractivity contribution in [1.29, 1.82) is 0 Å². The number of rotatable bonds is 60. The van der Waals surface area contributed by atoms with Crippen molar-refractivity contribution in [3.63, 3.8) is 0 Å². The van der Waals surface area contributed by atoms with Gasteiger partial charge in [-0.25, -0.2) is 0 Å². The maximum Gasteiger partial charge on any atom is 0.306 e. The SMILES string of the molecule is CC/C=C\C/C=C\C/C=C\C/C=C\C/C=C\CCCCCCCCCCCCCCCC(=O)OCC(COC(=O)CCCCCCCCC/C=C\C/C=C\C/C=C\CC)OC(=O)CCCCC/C=C\C/C=C\C/C=C\C/C=C\C/C=C\CC. The van der Waals surface area contributed by atoms with Crippen LogP contribution >= 0.6 is 0 Å². The van der Waals surface area contributed by atoms with E-state index in [2.05, 4.69) is 179 Å². The molecule has 0 aromatic rings. The molecular weight excluding hydrogens is 1020 g/mol. The number of carbonyl (C=O) groups excluding carboxylic acids is 3. The maximum atomic E-state index is 12.9. The van der Waals surface area contributed by atoms with E-state index in [0.717, 1.165) is 154 Å². The molecule has 0 heterocycles. The summed E-state index contributed by atoms with van der Waals surface area (Å²) < 4.78 is 16.9. The highest BCUT2D eigenvalue weighted by Gasteiger charge is 2.19. The zero-order chi connectivity index (χ0) is 59.9. The standard InChI is InChI=1S/C77H124O6/c1-4-7-10-13-16-19-22-25-28-31-33-34-35-36-37-38-39-40-41-42-44-46-49-52-55-58-61-64-67-70-76(79)82-73-74(72-81-75(78)69-66-63-60-57-54-51-48-45-30-27-24-21-18-15-12-9-6-3)83-77(80)71-68-65-62-59-56-53-50-47-43-32-29-26-23-20-17-14-11-8-5-2/h7-12,16-21,25-30,33-34,36-37,43,47,53,56,74H,4-6,13-15,22-24,31-32,35,38-42,44-46,48-52,54-55,57-73H2,1-3H3/b10-7-,11-8-,12-9-,19-16-,20-17-,21-18-,28-25-,29-26-,30-27-,34-33-,37-36-,47-43-,56-53-. The third-order valence-electron chi connectivity index (χ3n) is 14.0. The van der Waals surface area contributed by atoms with Gasteiger partial charge in [-0.15, -0.1) is 0 Å². The van der Waals surface area contributed by atoms with E-state index in [1.165, 1.54) is 96.3 Å². The van der Waals surface area contributed by atoms with Gasteiger partial charge in [-0.05, 0) is 141 Å². The van der Waals surface area contributed by atoms with Crippen molar-refractivity contribution < 1.29 is 28.6 Å². The number of carbonyl (C=O) groups is 3. The quantitative estimate of drug-likeness (QED) is 0.0261. The average molecular weight is 1150 g/mol. The van der Waals surface area contributed by atoms with Crippen molar-refractivity contribution in [3.05, 3.63) is 158 Å². The normalized spacial score (nSPS) is 13.1. The second-order valence-electron chi connectivity index (χ2n) is 21.9. The molecule has 0 saturated carbocycles. The number of hydrogen-bond acceptors (Lipinski definition) is 6. The fourth-order valence-corrected chi connectivity index (χ4v) is 9.04. The molecule has 0 amide bonds. The van der Waals surface area contributed by atoms with E-state index in [0.29, 0.717) is 12.8 Å². The Hall–Kier alpha value is -4.97. The summed E-state index contributed by atoms with van der Waals surface area (Å²) >= 11 is 0. The van der Waals surface area contributed by atoms with Crippen LogP contribution in [-0.2, 0) is 28.6 Å². The van der Waals surface area contributed by atoms with Gasteiger partial charge in [-0.2, -0.15) is 0 Å². The smallest absolute Gasteiger partial charge is 0.306 e. The first-order valence-electron chi connectivity index (χ1n) is 34.0. The van der Waals surface area contributed by atoms with Crippen LogP contribution in [0, 0.1) is 0 Å². The van der Waals surface area contributed by atoms with Crippen LogP contribution in [0.25, 0.3) is 0 Å². The topological polar surface area (TPSA) is 78.9 Å². The molecule has 0 spiro atoms. The van der Waals surface area contributed by atoms with Crippen molar-refractivity contribution in [3.8, 4) is 0 Å². The van der Waals surface area contributed by atoms with Gasteiger partial charge in [0, 0.05) is 19.3 Å². The molecule has 0 aromatic carbocycles. The summed E-state index contributed by atoms with van der Waals surface area (Å²) in [6.07, 6.45) is 101. The third-order valence-corrected chi connectivity index (χ3v) is 14.0. The number of hydrogen-bond donors (Lipinski definition) is 0. The van der Waals surface area contributed by atoms with Gasteiger partial charge in [0.1, 0.15) is 13.2 Å².